The van der Waals surface area contributed by atoms with Crippen molar-refractivity contribution in [3.05, 3.63) is 114 Å². The van der Waals surface area contributed by atoms with Crippen LogP contribution in [0, 0.1) is 5.82 Å². The van der Waals surface area contributed by atoms with Crippen LogP contribution in [0.1, 0.15) is 22.8 Å². The molecule has 43 heavy (non-hydrogen) atoms. The zero-order chi connectivity index (χ0) is 30.7. The van der Waals surface area contributed by atoms with E-state index in [0.29, 0.717) is 39.5 Å². The third-order valence-corrected chi connectivity index (χ3v) is 6.40. The first-order chi connectivity index (χ1) is 20.5. The normalized spacial score (nSPS) is 11.2. The van der Waals surface area contributed by atoms with Gasteiger partial charge in [0, 0.05) is 23.7 Å². The summed E-state index contributed by atoms with van der Waals surface area (Å²) in [6.45, 7) is 1.23. The summed E-state index contributed by atoms with van der Waals surface area (Å²) in [5.41, 5.74) is 1.73. The van der Waals surface area contributed by atoms with Crippen LogP contribution < -0.4 is 14.8 Å². The molecule has 4 aromatic carbocycles. The monoisotopic (exact) mass is 589 g/mol. The summed E-state index contributed by atoms with van der Waals surface area (Å²) in [6.07, 6.45) is -4.51. The maximum Gasteiger partial charge on any atom is 0.416 e. The van der Waals surface area contributed by atoms with Crippen molar-refractivity contribution in [1.29, 1.82) is 0 Å². The van der Waals surface area contributed by atoms with Gasteiger partial charge in [0.2, 0.25) is 5.88 Å². The van der Waals surface area contributed by atoms with Crippen LogP contribution >= 0.6 is 0 Å². The smallest absolute Gasteiger partial charge is 0.416 e. The zero-order valence-corrected chi connectivity index (χ0v) is 22.8. The zero-order valence-electron chi connectivity index (χ0n) is 22.8. The van der Waals surface area contributed by atoms with Gasteiger partial charge in [-0.25, -0.2) is 4.39 Å². The van der Waals surface area contributed by atoms with Gasteiger partial charge in [0.05, 0.1) is 23.9 Å². The fourth-order valence-corrected chi connectivity index (χ4v) is 4.44. The average Bonchev–Trinajstić information content (AvgIpc) is 3.35. The highest BCUT2D eigenvalue weighted by molar-refractivity contribution is 6.04. The minimum atomic E-state index is -4.51. The van der Waals surface area contributed by atoms with Crippen molar-refractivity contribution in [3.63, 3.8) is 0 Å². The molecule has 5 aromatic rings. The molecule has 5 rings (SSSR count). The van der Waals surface area contributed by atoms with Gasteiger partial charge in [-0.05, 0) is 72.3 Å². The Kier molecular flexibility index (Phi) is 7.98. The number of alkyl halides is 3. The molecule has 0 unspecified atom stereocenters. The van der Waals surface area contributed by atoms with Crippen LogP contribution in [0.5, 0.6) is 11.6 Å². The quantitative estimate of drug-likeness (QED) is 0.157. The van der Waals surface area contributed by atoms with Gasteiger partial charge in [-0.15, -0.1) is 0 Å². The fourth-order valence-electron chi connectivity index (χ4n) is 4.44. The Morgan fingerprint density at radius 3 is 2.21 bits per heavy atom. The molecule has 1 N–H and O–H groups in total. The number of esters is 1. The van der Waals surface area contributed by atoms with Gasteiger partial charge in [0.15, 0.2) is 0 Å². The lowest BCUT2D eigenvalue weighted by Gasteiger charge is -2.11. The second-order valence-corrected chi connectivity index (χ2v) is 9.32. The van der Waals surface area contributed by atoms with E-state index in [9.17, 15) is 27.2 Å². The molecule has 11 heteroatoms. The predicted molar refractivity (Wildman–Crippen MR) is 152 cm³/mol. The average molecular weight is 590 g/mol. The van der Waals surface area contributed by atoms with Crippen molar-refractivity contribution in [3.8, 4) is 39.7 Å². The largest absolute Gasteiger partial charge is 0.496 e. The molecule has 0 fully saturated rings. The molecule has 0 spiro atoms. The lowest BCUT2D eigenvalue weighted by molar-refractivity contribution is -0.137. The molecule has 1 heterocycles. The number of benzene rings is 4. The summed E-state index contributed by atoms with van der Waals surface area (Å²) in [5, 5.41) is 7.36. The van der Waals surface area contributed by atoms with E-state index in [2.05, 4.69) is 5.32 Å². The third kappa shape index (κ3) is 6.25. The second-order valence-electron chi connectivity index (χ2n) is 9.32. The third-order valence-electron chi connectivity index (χ3n) is 6.40. The van der Waals surface area contributed by atoms with Gasteiger partial charge < -0.3 is 14.8 Å². The van der Waals surface area contributed by atoms with E-state index >= 15 is 0 Å². The van der Waals surface area contributed by atoms with Crippen LogP contribution in [0.25, 0.3) is 28.1 Å². The highest BCUT2D eigenvalue weighted by Crippen LogP contribution is 2.43. The van der Waals surface area contributed by atoms with E-state index in [4.69, 9.17) is 14.6 Å². The topological polar surface area (TPSA) is 82.4 Å². The molecule has 0 bridgehead atoms. The number of hydrogen-bond acceptors (Lipinski definition) is 5. The van der Waals surface area contributed by atoms with E-state index < -0.39 is 29.4 Å². The van der Waals surface area contributed by atoms with Crippen LogP contribution in [0.15, 0.2) is 97.1 Å². The first-order valence-electron chi connectivity index (χ1n) is 12.8. The number of anilines is 1. The van der Waals surface area contributed by atoms with Gasteiger partial charge in [-0.3, -0.25) is 9.59 Å². The Morgan fingerprint density at radius 2 is 1.58 bits per heavy atom. The fraction of sp³-hybridized carbons (Fsp3) is 0.0938. The van der Waals surface area contributed by atoms with Crippen molar-refractivity contribution in [2.75, 3.05) is 12.4 Å². The molecule has 0 aliphatic heterocycles. The lowest BCUT2D eigenvalue weighted by atomic mass is 10.00. The number of aromatic nitrogens is 2. The van der Waals surface area contributed by atoms with E-state index in [1.807, 2.05) is 0 Å². The SMILES string of the molecule is COc1ccccc1-c1nn(-c2cccc(F)c2)c(OC(C)=O)c1-c1ccc(NC(=O)c2ccc(C(F)(F)F)cc2)cc1. The second kappa shape index (κ2) is 11.8. The highest BCUT2D eigenvalue weighted by Gasteiger charge is 2.30. The standard InChI is InChI=1S/C32H23F4N3O4/c1-19(40)43-31-28(20-12-16-24(17-13-20)37-30(41)21-10-14-22(15-11-21)32(34,35)36)29(26-8-3-4-9-27(26)42-2)38-39(31)25-7-5-6-23(33)18-25/h3-18H,1-2H3,(H,37,41). The number of halogens is 4. The van der Waals surface area contributed by atoms with Crippen molar-refractivity contribution in [2.45, 2.75) is 13.1 Å². The first kappa shape index (κ1) is 29.1. The molecule has 1 amide bonds. The summed E-state index contributed by atoms with van der Waals surface area (Å²) in [7, 11) is 1.50. The summed E-state index contributed by atoms with van der Waals surface area (Å²) in [4.78, 5) is 24.9. The minimum absolute atomic E-state index is 0.0283. The molecule has 7 nitrogen and oxygen atoms in total. The van der Waals surface area contributed by atoms with Crippen LogP contribution in [0.4, 0.5) is 23.2 Å². The molecule has 0 aliphatic rings. The number of carbonyl (C=O) groups is 2. The van der Waals surface area contributed by atoms with Crippen molar-refractivity contribution in [2.24, 2.45) is 0 Å². The molecule has 1 aromatic heterocycles. The number of amides is 1. The minimum Gasteiger partial charge on any atom is -0.496 e. The number of methoxy groups -OCH3 is 1. The predicted octanol–water partition coefficient (Wildman–Crippen LogP) is 7.55. The number of hydrogen-bond donors (Lipinski definition) is 1. The van der Waals surface area contributed by atoms with Crippen LogP contribution in [0.3, 0.4) is 0 Å². The number of carbonyl (C=O) groups excluding carboxylic acids is 2. The number of ether oxygens (including phenoxy) is 2. The van der Waals surface area contributed by atoms with Crippen LogP contribution in [-0.2, 0) is 11.0 Å². The van der Waals surface area contributed by atoms with Gasteiger partial charge >= 0.3 is 12.1 Å². The van der Waals surface area contributed by atoms with Crippen molar-refractivity contribution >= 4 is 17.6 Å². The summed E-state index contributed by atoms with van der Waals surface area (Å²) >= 11 is 0. The lowest BCUT2D eigenvalue weighted by Crippen LogP contribution is -2.12. The van der Waals surface area contributed by atoms with Crippen molar-refractivity contribution < 1.29 is 36.6 Å². The van der Waals surface area contributed by atoms with Crippen molar-refractivity contribution in [1.82, 2.24) is 9.78 Å². The maximum absolute atomic E-state index is 14.2. The summed E-state index contributed by atoms with van der Waals surface area (Å²) in [6, 6.07) is 23.1. The Balaban J connectivity index is 1.57. The van der Waals surface area contributed by atoms with E-state index in [1.54, 1.807) is 54.6 Å². The number of para-hydroxylation sites is 1. The van der Waals surface area contributed by atoms with E-state index in [1.165, 1.54) is 36.9 Å². The first-order valence-corrected chi connectivity index (χ1v) is 12.8. The Hall–Kier alpha value is -5.45. The molecular weight excluding hydrogens is 566 g/mol. The molecular formula is C32H23F4N3O4. The number of nitrogens with zero attached hydrogens (tertiary/aromatic N) is 2. The molecule has 0 atom stereocenters. The van der Waals surface area contributed by atoms with Gasteiger partial charge in [0.1, 0.15) is 17.3 Å². The molecule has 0 saturated carbocycles. The van der Waals surface area contributed by atoms with Gasteiger partial charge in [-0.1, -0.05) is 30.3 Å². The Labute approximate surface area is 243 Å². The van der Waals surface area contributed by atoms with Gasteiger partial charge in [-0.2, -0.15) is 23.0 Å². The molecule has 0 radical (unpaired) electrons. The van der Waals surface area contributed by atoms with Crippen LogP contribution in [0.2, 0.25) is 0 Å². The van der Waals surface area contributed by atoms with E-state index in [-0.39, 0.29) is 11.4 Å². The number of nitrogens with one attached hydrogen (secondary N) is 1. The Bertz CT molecular complexity index is 1800. The van der Waals surface area contributed by atoms with Crippen LogP contribution in [-0.4, -0.2) is 28.8 Å². The summed E-state index contributed by atoms with van der Waals surface area (Å²) < 4.78 is 65.4. The Morgan fingerprint density at radius 1 is 0.884 bits per heavy atom. The molecule has 218 valence electrons. The van der Waals surface area contributed by atoms with Gasteiger partial charge in [0.25, 0.3) is 5.91 Å². The highest BCUT2D eigenvalue weighted by atomic mass is 19.4. The summed E-state index contributed by atoms with van der Waals surface area (Å²) in [5.74, 6) is -1.24. The molecule has 0 aliphatic carbocycles. The molecule has 0 saturated heterocycles. The maximum atomic E-state index is 14.2. The number of rotatable bonds is 7. The van der Waals surface area contributed by atoms with E-state index in [0.717, 1.165) is 24.3 Å².